The molecule has 138 valence electrons. The summed E-state index contributed by atoms with van der Waals surface area (Å²) in [6, 6.07) is 29.4. The summed E-state index contributed by atoms with van der Waals surface area (Å²) in [5, 5.41) is 0. The fourth-order valence-corrected chi connectivity index (χ4v) is 4.12. The van der Waals surface area contributed by atoms with E-state index >= 15 is 0 Å². The monoisotopic (exact) mass is 448 g/mol. The van der Waals surface area contributed by atoms with Gasteiger partial charge in [-0.3, -0.25) is 9.36 Å². The molecule has 0 spiro atoms. The third-order valence-electron chi connectivity index (χ3n) is 4.25. The summed E-state index contributed by atoms with van der Waals surface area (Å²) in [6.07, 6.45) is 0. The van der Waals surface area contributed by atoms with Crippen LogP contribution in [-0.4, -0.2) is 4.57 Å². The molecule has 1 aromatic heterocycles. The van der Waals surface area contributed by atoms with E-state index in [4.69, 9.17) is 4.99 Å². The molecular formula is C23H17BrN2OS. The molecule has 0 saturated carbocycles. The number of rotatable bonds is 4. The van der Waals surface area contributed by atoms with Gasteiger partial charge in [0.15, 0.2) is 4.80 Å². The Labute approximate surface area is 175 Å². The summed E-state index contributed by atoms with van der Waals surface area (Å²) in [7, 11) is 0. The summed E-state index contributed by atoms with van der Waals surface area (Å²) in [6.45, 7) is 0.487. The number of halogens is 1. The molecule has 0 bridgehead atoms. The lowest BCUT2D eigenvalue weighted by Gasteiger charge is -2.09. The summed E-state index contributed by atoms with van der Waals surface area (Å²) < 4.78 is 2.73. The smallest absolute Gasteiger partial charge is 0.254 e. The fourth-order valence-electron chi connectivity index (χ4n) is 2.83. The number of aromatic nitrogens is 1. The van der Waals surface area contributed by atoms with Gasteiger partial charge in [0, 0.05) is 15.4 Å². The standard InChI is InChI=1S/C23H17BrN2OS/c24-19-11-13-20(14-12-19)25-23-26(16-17-7-3-1-4-8-17)22(27)15-21(28-23)18-9-5-2-6-10-18/h1-15H,16H2. The van der Waals surface area contributed by atoms with E-state index in [0.29, 0.717) is 11.3 Å². The van der Waals surface area contributed by atoms with Crippen LogP contribution < -0.4 is 10.4 Å². The van der Waals surface area contributed by atoms with E-state index in [0.717, 1.165) is 26.2 Å². The van der Waals surface area contributed by atoms with Crippen LogP contribution in [0.3, 0.4) is 0 Å². The van der Waals surface area contributed by atoms with Crippen LogP contribution in [0.25, 0.3) is 10.4 Å². The molecule has 0 aliphatic carbocycles. The predicted octanol–water partition coefficient (Wildman–Crippen LogP) is 5.62. The van der Waals surface area contributed by atoms with Gasteiger partial charge in [-0.05, 0) is 35.4 Å². The second-order valence-electron chi connectivity index (χ2n) is 6.26. The largest absolute Gasteiger partial charge is 0.280 e. The van der Waals surface area contributed by atoms with Crippen LogP contribution in [0.15, 0.2) is 105 Å². The zero-order valence-electron chi connectivity index (χ0n) is 15.0. The topological polar surface area (TPSA) is 34.4 Å². The Hall–Kier alpha value is -2.76. The Morgan fingerprint density at radius 1 is 0.857 bits per heavy atom. The molecule has 1 heterocycles. The maximum atomic E-state index is 13.0. The third kappa shape index (κ3) is 4.38. The van der Waals surface area contributed by atoms with Crippen LogP contribution in [0.4, 0.5) is 5.69 Å². The normalized spacial score (nSPS) is 11.5. The first-order valence-electron chi connectivity index (χ1n) is 8.84. The Kier molecular flexibility index (Phi) is 5.65. The van der Waals surface area contributed by atoms with Gasteiger partial charge in [-0.15, -0.1) is 0 Å². The molecule has 0 unspecified atom stereocenters. The van der Waals surface area contributed by atoms with Crippen LogP contribution >= 0.6 is 27.3 Å². The van der Waals surface area contributed by atoms with Crippen LogP contribution in [0, 0.1) is 0 Å². The Morgan fingerprint density at radius 3 is 2.18 bits per heavy atom. The average Bonchev–Trinajstić information content (AvgIpc) is 2.73. The van der Waals surface area contributed by atoms with Crippen molar-refractivity contribution < 1.29 is 0 Å². The molecule has 0 amide bonds. The molecule has 0 aliphatic heterocycles. The third-order valence-corrected chi connectivity index (χ3v) is 5.84. The zero-order chi connectivity index (χ0) is 19.3. The number of benzene rings is 3. The SMILES string of the molecule is O=c1cc(-c2ccccc2)sc(=Nc2ccc(Br)cc2)n1Cc1ccccc1. The molecule has 5 heteroatoms. The van der Waals surface area contributed by atoms with Crippen molar-refractivity contribution in [3.63, 3.8) is 0 Å². The first-order valence-corrected chi connectivity index (χ1v) is 10.4. The van der Waals surface area contributed by atoms with E-state index in [1.54, 1.807) is 10.6 Å². The van der Waals surface area contributed by atoms with Gasteiger partial charge in [0.25, 0.3) is 5.56 Å². The fraction of sp³-hybridized carbons (Fsp3) is 0.0435. The molecule has 4 aromatic rings. The minimum Gasteiger partial charge on any atom is -0.280 e. The highest BCUT2D eigenvalue weighted by Gasteiger charge is 2.07. The summed E-state index contributed by atoms with van der Waals surface area (Å²) >= 11 is 4.97. The summed E-state index contributed by atoms with van der Waals surface area (Å²) in [4.78, 5) is 19.4. The Bertz CT molecular complexity index is 1200. The number of hydrogen-bond donors (Lipinski definition) is 0. The quantitative estimate of drug-likeness (QED) is 0.398. The lowest BCUT2D eigenvalue weighted by atomic mass is 10.2. The van der Waals surface area contributed by atoms with E-state index in [1.807, 2.05) is 84.9 Å². The van der Waals surface area contributed by atoms with Gasteiger partial charge in [-0.1, -0.05) is 87.9 Å². The number of nitrogens with zero attached hydrogens (tertiary/aromatic N) is 2. The first-order chi connectivity index (χ1) is 13.7. The van der Waals surface area contributed by atoms with Crippen LogP contribution in [0.1, 0.15) is 5.56 Å². The van der Waals surface area contributed by atoms with E-state index in [1.165, 1.54) is 11.3 Å². The van der Waals surface area contributed by atoms with Crippen LogP contribution in [-0.2, 0) is 6.54 Å². The van der Waals surface area contributed by atoms with Gasteiger partial charge in [0.05, 0.1) is 12.2 Å². The Balaban J connectivity index is 1.89. The van der Waals surface area contributed by atoms with Crippen molar-refractivity contribution in [2.45, 2.75) is 6.54 Å². The highest BCUT2D eigenvalue weighted by Crippen LogP contribution is 2.21. The van der Waals surface area contributed by atoms with Crippen molar-refractivity contribution in [2.24, 2.45) is 4.99 Å². The van der Waals surface area contributed by atoms with Crippen molar-refractivity contribution in [1.82, 2.24) is 4.57 Å². The van der Waals surface area contributed by atoms with Crippen LogP contribution in [0.5, 0.6) is 0 Å². The maximum absolute atomic E-state index is 13.0. The van der Waals surface area contributed by atoms with Crippen molar-refractivity contribution >= 4 is 33.0 Å². The van der Waals surface area contributed by atoms with Crippen molar-refractivity contribution in [3.05, 3.63) is 116 Å². The molecule has 0 aliphatic rings. The van der Waals surface area contributed by atoms with Crippen molar-refractivity contribution in [3.8, 4) is 10.4 Å². The lowest BCUT2D eigenvalue weighted by Crippen LogP contribution is -2.31. The molecule has 0 saturated heterocycles. The molecule has 3 aromatic carbocycles. The van der Waals surface area contributed by atoms with Gasteiger partial charge < -0.3 is 0 Å². The molecule has 0 N–H and O–H groups in total. The van der Waals surface area contributed by atoms with Gasteiger partial charge in [-0.25, -0.2) is 4.99 Å². The second kappa shape index (κ2) is 8.50. The van der Waals surface area contributed by atoms with Gasteiger partial charge in [-0.2, -0.15) is 0 Å². The Morgan fingerprint density at radius 2 is 1.50 bits per heavy atom. The predicted molar refractivity (Wildman–Crippen MR) is 119 cm³/mol. The highest BCUT2D eigenvalue weighted by molar-refractivity contribution is 9.10. The highest BCUT2D eigenvalue weighted by atomic mass is 79.9. The maximum Gasteiger partial charge on any atom is 0.254 e. The second-order valence-corrected chi connectivity index (χ2v) is 8.18. The van der Waals surface area contributed by atoms with E-state index in [2.05, 4.69) is 15.9 Å². The molecule has 0 fully saturated rings. The minimum atomic E-state index is -0.0580. The lowest BCUT2D eigenvalue weighted by molar-refractivity contribution is 0.733. The summed E-state index contributed by atoms with van der Waals surface area (Å²) in [5.41, 5.74) is 2.84. The molecule has 3 nitrogen and oxygen atoms in total. The average molecular weight is 449 g/mol. The van der Waals surface area contributed by atoms with E-state index in [9.17, 15) is 4.79 Å². The van der Waals surface area contributed by atoms with E-state index < -0.39 is 0 Å². The number of hydrogen-bond acceptors (Lipinski definition) is 3. The molecular weight excluding hydrogens is 432 g/mol. The van der Waals surface area contributed by atoms with Gasteiger partial charge in [0.1, 0.15) is 0 Å². The van der Waals surface area contributed by atoms with Crippen molar-refractivity contribution in [1.29, 1.82) is 0 Å². The molecule has 28 heavy (non-hydrogen) atoms. The molecule has 0 atom stereocenters. The van der Waals surface area contributed by atoms with E-state index in [-0.39, 0.29) is 5.56 Å². The molecule has 4 rings (SSSR count). The first kappa shape index (κ1) is 18.6. The zero-order valence-corrected chi connectivity index (χ0v) is 17.4. The van der Waals surface area contributed by atoms with Gasteiger partial charge >= 0.3 is 0 Å². The minimum absolute atomic E-state index is 0.0580. The van der Waals surface area contributed by atoms with Gasteiger partial charge in [0.2, 0.25) is 0 Å². The summed E-state index contributed by atoms with van der Waals surface area (Å²) in [5.74, 6) is 0. The van der Waals surface area contributed by atoms with Crippen LogP contribution in [0.2, 0.25) is 0 Å². The van der Waals surface area contributed by atoms with Crippen molar-refractivity contribution in [2.75, 3.05) is 0 Å². The molecule has 0 radical (unpaired) electrons.